The van der Waals surface area contributed by atoms with Crippen molar-refractivity contribution in [1.29, 1.82) is 0 Å². The topological polar surface area (TPSA) is 61.4 Å². The average Bonchev–Trinajstić information content (AvgIpc) is 2.37. The van der Waals surface area contributed by atoms with Gasteiger partial charge in [-0.15, -0.1) is 0 Å². The Kier molecular flexibility index (Phi) is 4.10. The minimum absolute atomic E-state index is 0.0490. The maximum absolute atomic E-state index is 12.1. The third kappa shape index (κ3) is 3.47. The molecular weight excluding hydrogens is 240 g/mol. The number of piperidine rings is 1. The highest BCUT2D eigenvalue weighted by molar-refractivity contribution is 5.96. The Hall–Kier alpha value is -1.55. The number of carbonyl (C=O) groups excluding carboxylic acids is 1. The lowest BCUT2D eigenvalue weighted by atomic mass is 9.81. The third-order valence-corrected chi connectivity index (χ3v) is 3.88. The number of rotatable bonds is 3. The number of aromatic hydroxyl groups is 1. The molecule has 0 unspecified atom stereocenters. The van der Waals surface area contributed by atoms with Crippen LogP contribution in [0.25, 0.3) is 0 Å². The van der Waals surface area contributed by atoms with Crippen LogP contribution in [-0.2, 0) is 0 Å². The van der Waals surface area contributed by atoms with Gasteiger partial charge in [-0.1, -0.05) is 13.0 Å². The van der Waals surface area contributed by atoms with Crippen molar-refractivity contribution < 1.29 is 9.90 Å². The van der Waals surface area contributed by atoms with E-state index in [0.29, 0.717) is 12.1 Å². The van der Waals surface area contributed by atoms with Gasteiger partial charge in [0.2, 0.25) is 0 Å². The third-order valence-electron chi connectivity index (χ3n) is 3.88. The van der Waals surface area contributed by atoms with E-state index in [9.17, 15) is 9.90 Å². The van der Waals surface area contributed by atoms with Gasteiger partial charge in [0.05, 0.1) is 5.56 Å². The molecule has 0 radical (unpaired) electrons. The molecule has 104 valence electrons. The summed E-state index contributed by atoms with van der Waals surface area (Å²) in [5, 5.41) is 16.1. The molecule has 0 bridgehead atoms. The number of nitrogens with one attached hydrogen (secondary N) is 2. The van der Waals surface area contributed by atoms with Gasteiger partial charge in [0.15, 0.2) is 0 Å². The summed E-state index contributed by atoms with van der Waals surface area (Å²) in [6.45, 7) is 6.74. The fourth-order valence-electron chi connectivity index (χ4n) is 2.43. The maximum atomic E-state index is 12.1. The first-order chi connectivity index (χ1) is 9.00. The highest BCUT2D eigenvalue weighted by Crippen LogP contribution is 2.27. The van der Waals surface area contributed by atoms with Crippen molar-refractivity contribution in [3.63, 3.8) is 0 Å². The van der Waals surface area contributed by atoms with Crippen molar-refractivity contribution in [2.75, 3.05) is 19.6 Å². The average molecular weight is 262 g/mol. The van der Waals surface area contributed by atoms with E-state index in [4.69, 9.17) is 0 Å². The zero-order valence-corrected chi connectivity index (χ0v) is 11.6. The number of amides is 1. The van der Waals surface area contributed by atoms with Gasteiger partial charge in [-0.05, 0) is 56.0 Å². The zero-order chi connectivity index (χ0) is 13.9. The number of phenolic OH excluding ortho intramolecular Hbond substituents is 1. The first-order valence-corrected chi connectivity index (χ1v) is 6.79. The van der Waals surface area contributed by atoms with E-state index in [0.717, 1.165) is 31.5 Å². The summed E-state index contributed by atoms with van der Waals surface area (Å²) in [7, 11) is 0. The SMILES string of the molecule is Cc1ccc(C(=O)NCC2(C)CCNCC2)c(O)c1. The van der Waals surface area contributed by atoms with E-state index >= 15 is 0 Å². The lowest BCUT2D eigenvalue weighted by molar-refractivity contribution is 0.0919. The molecule has 1 aromatic carbocycles. The van der Waals surface area contributed by atoms with Gasteiger partial charge >= 0.3 is 0 Å². The Labute approximate surface area is 114 Å². The van der Waals surface area contributed by atoms with Crippen LogP contribution >= 0.6 is 0 Å². The Balaban J connectivity index is 1.97. The van der Waals surface area contributed by atoms with Gasteiger partial charge in [-0.2, -0.15) is 0 Å². The second kappa shape index (κ2) is 5.61. The first kappa shape index (κ1) is 13.9. The standard InChI is InChI=1S/C15H22N2O2/c1-11-3-4-12(13(18)9-11)14(19)17-10-15(2)5-7-16-8-6-15/h3-4,9,16,18H,5-8,10H2,1-2H3,(H,17,19). The van der Waals surface area contributed by atoms with E-state index in [1.54, 1.807) is 12.1 Å². The summed E-state index contributed by atoms with van der Waals surface area (Å²) in [4.78, 5) is 12.1. The number of carbonyl (C=O) groups is 1. The first-order valence-electron chi connectivity index (χ1n) is 6.79. The maximum Gasteiger partial charge on any atom is 0.255 e. The van der Waals surface area contributed by atoms with Gasteiger partial charge < -0.3 is 15.7 Å². The summed E-state index contributed by atoms with van der Waals surface area (Å²) in [5.74, 6) is -0.148. The fraction of sp³-hybridized carbons (Fsp3) is 0.533. The second-order valence-corrected chi connectivity index (χ2v) is 5.76. The largest absolute Gasteiger partial charge is 0.507 e. The molecule has 4 heteroatoms. The normalized spacial score (nSPS) is 18.0. The highest BCUT2D eigenvalue weighted by atomic mass is 16.3. The van der Waals surface area contributed by atoms with Crippen molar-refractivity contribution in [3.8, 4) is 5.75 Å². The van der Waals surface area contributed by atoms with Gasteiger partial charge in [0.25, 0.3) is 5.91 Å². The molecule has 1 amide bonds. The van der Waals surface area contributed by atoms with Gasteiger partial charge in [0.1, 0.15) is 5.75 Å². The van der Waals surface area contributed by atoms with Crippen LogP contribution in [0.5, 0.6) is 5.75 Å². The molecule has 4 nitrogen and oxygen atoms in total. The molecule has 1 fully saturated rings. The number of phenols is 1. The predicted octanol–water partition coefficient (Wildman–Crippen LogP) is 1.82. The van der Waals surface area contributed by atoms with Crippen LogP contribution in [0, 0.1) is 12.3 Å². The molecule has 0 spiro atoms. The van der Waals surface area contributed by atoms with Gasteiger partial charge in [-0.3, -0.25) is 4.79 Å². The lowest BCUT2D eigenvalue weighted by Gasteiger charge is -2.34. The van der Waals surface area contributed by atoms with Crippen LogP contribution in [0.15, 0.2) is 18.2 Å². The lowest BCUT2D eigenvalue weighted by Crippen LogP contribution is -2.42. The molecule has 0 saturated carbocycles. The Morgan fingerprint density at radius 1 is 1.42 bits per heavy atom. The molecule has 1 aliphatic rings. The minimum Gasteiger partial charge on any atom is -0.507 e. The summed E-state index contributed by atoms with van der Waals surface area (Å²) < 4.78 is 0. The molecule has 19 heavy (non-hydrogen) atoms. The van der Waals surface area contributed by atoms with Crippen molar-refractivity contribution in [1.82, 2.24) is 10.6 Å². The second-order valence-electron chi connectivity index (χ2n) is 5.76. The number of benzene rings is 1. The molecule has 0 aromatic heterocycles. The number of aryl methyl sites for hydroxylation is 1. The minimum atomic E-state index is -0.197. The number of hydrogen-bond acceptors (Lipinski definition) is 3. The van der Waals surface area contributed by atoms with Crippen LogP contribution in [0.1, 0.15) is 35.7 Å². The molecule has 1 aliphatic heterocycles. The predicted molar refractivity (Wildman–Crippen MR) is 75.4 cm³/mol. The molecule has 1 heterocycles. The van der Waals surface area contributed by atoms with Crippen molar-refractivity contribution in [2.45, 2.75) is 26.7 Å². The molecule has 3 N–H and O–H groups in total. The monoisotopic (exact) mass is 262 g/mol. The summed E-state index contributed by atoms with van der Waals surface area (Å²) in [6, 6.07) is 5.12. The van der Waals surface area contributed by atoms with Gasteiger partial charge in [-0.25, -0.2) is 0 Å². The molecule has 1 aromatic rings. The van der Waals surface area contributed by atoms with Crippen LogP contribution in [0.2, 0.25) is 0 Å². The van der Waals surface area contributed by atoms with E-state index in [1.807, 2.05) is 13.0 Å². The van der Waals surface area contributed by atoms with Crippen LogP contribution < -0.4 is 10.6 Å². The van der Waals surface area contributed by atoms with Crippen molar-refractivity contribution in [2.24, 2.45) is 5.41 Å². The molecular formula is C15H22N2O2. The van der Waals surface area contributed by atoms with Crippen LogP contribution in [0.4, 0.5) is 0 Å². The van der Waals surface area contributed by atoms with E-state index in [1.165, 1.54) is 0 Å². The molecule has 2 rings (SSSR count). The molecule has 0 aliphatic carbocycles. The summed E-state index contributed by atoms with van der Waals surface area (Å²) >= 11 is 0. The molecule has 0 atom stereocenters. The van der Waals surface area contributed by atoms with Crippen LogP contribution in [-0.4, -0.2) is 30.6 Å². The molecule has 1 saturated heterocycles. The zero-order valence-electron chi connectivity index (χ0n) is 11.6. The number of hydrogen-bond donors (Lipinski definition) is 3. The van der Waals surface area contributed by atoms with E-state index in [-0.39, 0.29) is 17.1 Å². The van der Waals surface area contributed by atoms with E-state index < -0.39 is 0 Å². The van der Waals surface area contributed by atoms with E-state index in [2.05, 4.69) is 17.6 Å². The van der Waals surface area contributed by atoms with Gasteiger partial charge in [0, 0.05) is 6.54 Å². The Morgan fingerprint density at radius 2 is 2.11 bits per heavy atom. The Bertz CT molecular complexity index is 465. The summed E-state index contributed by atoms with van der Waals surface area (Å²) in [6.07, 6.45) is 2.13. The summed E-state index contributed by atoms with van der Waals surface area (Å²) in [5.41, 5.74) is 1.45. The Morgan fingerprint density at radius 3 is 2.74 bits per heavy atom. The fourth-order valence-corrected chi connectivity index (χ4v) is 2.43. The smallest absolute Gasteiger partial charge is 0.255 e. The highest BCUT2D eigenvalue weighted by Gasteiger charge is 2.27. The van der Waals surface area contributed by atoms with Crippen LogP contribution in [0.3, 0.4) is 0 Å². The van der Waals surface area contributed by atoms with Crippen molar-refractivity contribution in [3.05, 3.63) is 29.3 Å². The quantitative estimate of drug-likeness (QED) is 0.778. The van der Waals surface area contributed by atoms with Crippen molar-refractivity contribution >= 4 is 5.91 Å².